The van der Waals surface area contributed by atoms with Crippen molar-refractivity contribution >= 4 is 5.84 Å². The molecule has 0 amide bonds. The Balaban J connectivity index is 4.18. The van der Waals surface area contributed by atoms with Gasteiger partial charge < -0.3 is 10.5 Å². The Labute approximate surface area is 80.6 Å². The molecule has 0 bridgehead atoms. The van der Waals surface area contributed by atoms with Gasteiger partial charge in [-0.3, -0.25) is 10.3 Å². The predicted octanol–water partition coefficient (Wildman–Crippen LogP) is 0.668. The Morgan fingerprint density at radius 1 is 1.62 bits per heavy atom. The molecular formula is C9H21N3O. The first-order chi connectivity index (χ1) is 6.04. The number of amidine groups is 1. The number of likely N-dealkylation sites (N-methyl/N-ethyl adjacent to an activating group) is 1. The largest absolute Gasteiger partial charge is 0.386 e. The summed E-state index contributed by atoms with van der Waals surface area (Å²) in [6, 6.07) is 0.323. The van der Waals surface area contributed by atoms with E-state index in [2.05, 4.69) is 11.8 Å². The first kappa shape index (κ1) is 12.4. The van der Waals surface area contributed by atoms with Gasteiger partial charge in [0.15, 0.2) is 0 Å². The van der Waals surface area contributed by atoms with E-state index in [0.29, 0.717) is 12.6 Å². The van der Waals surface area contributed by atoms with Gasteiger partial charge in [0.05, 0.1) is 12.6 Å². The van der Waals surface area contributed by atoms with Gasteiger partial charge in [-0.05, 0) is 20.4 Å². The number of hydrogen-bond donors (Lipinski definition) is 2. The van der Waals surface area contributed by atoms with Gasteiger partial charge >= 0.3 is 0 Å². The molecular weight excluding hydrogens is 166 g/mol. The minimum atomic E-state index is 0.0325. The van der Waals surface area contributed by atoms with Crippen LogP contribution in [-0.4, -0.2) is 43.6 Å². The molecule has 0 aromatic heterocycles. The Morgan fingerprint density at radius 3 is 2.46 bits per heavy atom. The van der Waals surface area contributed by atoms with Crippen molar-refractivity contribution < 1.29 is 4.74 Å². The monoisotopic (exact) mass is 187 g/mol. The fourth-order valence-electron chi connectivity index (χ4n) is 1.39. The average molecular weight is 187 g/mol. The summed E-state index contributed by atoms with van der Waals surface area (Å²) in [5, 5.41) is 7.40. The van der Waals surface area contributed by atoms with Crippen LogP contribution in [0.2, 0.25) is 0 Å². The summed E-state index contributed by atoms with van der Waals surface area (Å²) in [6.07, 6.45) is 0.861. The molecule has 4 nitrogen and oxygen atoms in total. The van der Waals surface area contributed by atoms with E-state index in [1.54, 1.807) is 7.11 Å². The quantitative estimate of drug-likeness (QED) is 0.474. The molecule has 0 saturated heterocycles. The number of methoxy groups -OCH3 is 1. The van der Waals surface area contributed by atoms with Crippen LogP contribution in [-0.2, 0) is 4.74 Å². The standard InChI is InChI=1S/C9H21N3O/c1-5-8(9(10)11)12(3)7(2)6-13-4/h7-8H,5-6H2,1-4H3,(H3,10,11). The lowest BCUT2D eigenvalue weighted by atomic mass is 10.1. The van der Waals surface area contributed by atoms with Crippen molar-refractivity contribution in [3.8, 4) is 0 Å². The molecule has 0 saturated carbocycles. The van der Waals surface area contributed by atoms with E-state index in [1.807, 2.05) is 14.0 Å². The maximum atomic E-state index is 7.40. The van der Waals surface area contributed by atoms with E-state index >= 15 is 0 Å². The first-order valence-electron chi connectivity index (χ1n) is 4.59. The van der Waals surface area contributed by atoms with Gasteiger partial charge in [0.1, 0.15) is 5.84 Å². The molecule has 0 radical (unpaired) electrons. The Hall–Kier alpha value is -0.610. The highest BCUT2D eigenvalue weighted by Crippen LogP contribution is 2.06. The third-order valence-corrected chi connectivity index (χ3v) is 2.34. The van der Waals surface area contributed by atoms with Crippen LogP contribution in [0.25, 0.3) is 0 Å². The summed E-state index contributed by atoms with van der Waals surface area (Å²) in [4.78, 5) is 2.08. The van der Waals surface area contributed by atoms with Crippen LogP contribution in [0.4, 0.5) is 0 Å². The zero-order chi connectivity index (χ0) is 10.4. The number of nitrogens with two attached hydrogens (primary N) is 1. The van der Waals surface area contributed by atoms with Crippen molar-refractivity contribution in [2.75, 3.05) is 20.8 Å². The highest BCUT2D eigenvalue weighted by Gasteiger charge is 2.20. The summed E-state index contributed by atoms with van der Waals surface area (Å²) in [5.74, 6) is 0.230. The molecule has 13 heavy (non-hydrogen) atoms. The molecule has 0 aromatic rings. The van der Waals surface area contributed by atoms with Crippen molar-refractivity contribution in [2.45, 2.75) is 32.4 Å². The SMILES string of the molecule is CCC(C(=N)N)N(C)C(C)COC. The van der Waals surface area contributed by atoms with Crippen LogP contribution >= 0.6 is 0 Å². The Kier molecular flexibility index (Phi) is 5.66. The Morgan fingerprint density at radius 2 is 2.15 bits per heavy atom. The fraction of sp³-hybridized carbons (Fsp3) is 0.889. The lowest BCUT2D eigenvalue weighted by molar-refractivity contribution is 0.104. The van der Waals surface area contributed by atoms with Gasteiger partial charge in [0.2, 0.25) is 0 Å². The minimum Gasteiger partial charge on any atom is -0.386 e. The predicted molar refractivity (Wildman–Crippen MR) is 55.1 cm³/mol. The molecule has 3 N–H and O–H groups in total. The molecule has 78 valence electrons. The molecule has 0 rings (SSSR count). The van der Waals surface area contributed by atoms with Crippen LogP contribution in [0.5, 0.6) is 0 Å². The van der Waals surface area contributed by atoms with Gasteiger partial charge in [-0.15, -0.1) is 0 Å². The normalized spacial score (nSPS) is 15.8. The van der Waals surface area contributed by atoms with Crippen LogP contribution in [0, 0.1) is 5.41 Å². The summed E-state index contributed by atoms with van der Waals surface area (Å²) >= 11 is 0. The molecule has 2 unspecified atom stereocenters. The van der Waals surface area contributed by atoms with E-state index in [-0.39, 0.29) is 11.9 Å². The van der Waals surface area contributed by atoms with Crippen LogP contribution in [0.3, 0.4) is 0 Å². The minimum absolute atomic E-state index is 0.0325. The smallest absolute Gasteiger partial charge is 0.108 e. The van der Waals surface area contributed by atoms with Crippen LogP contribution in [0.15, 0.2) is 0 Å². The number of ether oxygens (including phenoxy) is 1. The van der Waals surface area contributed by atoms with Gasteiger partial charge in [-0.1, -0.05) is 6.92 Å². The molecule has 2 atom stereocenters. The van der Waals surface area contributed by atoms with Gasteiger partial charge in [-0.25, -0.2) is 0 Å². The molecule has 4 heteroatoms. The van der Waals surface area contributed by atoms with E-state index in [1.165, 1.54) is 0 Å². The summed E-state index contributed by atoms with van der Waals surface area (Å²) in [7, 11) is 3.65. The van der Waals surface area contributed by atoms with Crippen molar-refractivity contribution in [2.24, 2.45) is 5.73 Å². The molecule has 0 aromatic carbocycles. The Bertz CT molecular complexity index is 161. The van der Waals surface area contributed by atoms with Gasteiger partial charge in [-0.2, -0.15) is 0 Å². The van der Waals surface area contributed by atoms with Crippen LogP contribution in [0.1, 0.15) is 20.3 Å². The zero-order valence-corrected chi connectivity index (χ0v) is 9.00. The molecule has 0 fully saturated rings. The average Bonchev–Trinajstić information content (AvgIpc) is 2.05. The van der Waals surface area contributed by atoms with Crippen molar-refractivity contribution in [1.29, 1.82) is 5.41 Å². The first-order valence-corrected chi connectivity index (χ1v) is 4.59. The number of hydrogen-bond acceptors (Lipinski definition) is 3. The molecule has 0 aliphatic rings. The van der Waals surface area contributed by atoms with E-state index < -0.39 is 0 Å². The van der Waals surface area contributed by atoms with E-state index in [9.17, 15) is 0 Å². The zero-order valence-electron chi connectivity index (χ0n) is 9.00. The van der Waals surface area contributed by atoms with Crippen molar-refractivity contribution in [3.05, 3.63) is 0 Å². The van der Waals surface area contributed by atoms with E-state index in [4.69, 9.17) is 15.9 Å². The second-order valence-electron chi connectivity index (χ2n) is 3.35. The second-order valence-corrected chi connectivity index (χ2v) is 3.35. The highest BCUT2D eigenvalue weighted by molar-refractivity contribution is 5.82. The topological polar surface area (TPSA) is 62.3 Å². The maximum absolute atomic E-state index is 7.40. The highest BCUT2D eigenvalue weighted by atomic mass is 16.5. The summed E-state index contributed by atoms with van der Waals surface area (Å²) < 4.78 is 5.05. The fourth-order valence-corrected chi connectivity index (χ4v) is 1.39. The number of nitrogens with one attached hydrogen (secondary N) is 1. The molecule has 0 aliphatic heterocycles. The molecule has 0 aliphatic carbocycles. The molecule has 0 heterocycles. The lowest BCUT2D eigenvalue weighted by Gasteiger charge is -2.31. The maximum Gasteiger partial charge on any atom is 0.108 e. The van der Waals surface area contributed by atoms with Crippen molar-refractivity contribution in [3.63, 3.8) is 0 Å². The third kappa shape index (κ3) is 3.74. The second kappa shape index (κ2) is 5.94. The summed E-state index contributed by atoms with van der Waals surface area (Å²) in [5.41, 5.74) is 5.48. The molecule has 0 spiro atoms. The summed E-state index contributed by atoms with van der Waals surface area (Å²) in [6.45, 7) is 4.76. The van der Waals surface area contributed by atoms with E-state index in [0.717, 1.165) is 6.42 Å². The number of nitrogens with zero attached hydrogens (tertiary/aromatic N) is 1. The van der Waals surface area contributed by atoms with Gasteiger partial charge in [0, 0.05) is 13.2 Å². The lowest BCUT2D eigenvalue weighted by Crippen LogP contribution is -2.47. The third-order valence-electron chi connectivity index (χ3n) is 2.34. The number of rotatable bonds is 6. The van der Waals surface area contributed by atoms with Crippen LogP contribution < -0.4 is 5.73 Å². The van der Waals surface area contributed by atoms with Gasteiger partial charge in [0.25, 0.3) is 0 Å². The van der Waals surface area contributed by atoms with Crippen molar-refractivity contribution in [1.82, 2.24) is 4.90 Å².